The Morgan fingerprint density at radius 3 is 2.34 bits per heavy atom. The van der Waals surface area contributed by atoms with Gasteiger partial charge < -0.3 is 10.2 Å². The molecule has 0 unspecified atom stereocenters. The molecule has 2 fully saturated rings. The van der Waals surface area contributed by atoms with Crippen molar-refractivity contribution < 1.29 is 27.2 Å². The Labute approximate surface area is 241 Å². The lowest BCUT2D eigenvalue weighted by Crippen LogP contribution is -2.48. The van der Waals surface area contributed by atoms with Crippen LogP contribution in [0.4, 0.5) is 14.9 Å². The second kappa shape index (κ2) is 12.2. The number of hydrogen-bond acceptors (Lipinski definition) is 7. The van der Waals surface area contributed by atoms with Crippen molar-refractivity contribution in [3.63, 3.8) is 0 Å². The highest BCUT2D eigenvalue weighted by molar-refractivity contribution is 8.18. The number of rotatable bonds is 8. The number of amides is 3. The molecule has 0 aromatic heterocycles. The molecule has 3 amide bonds. The van der Waals surface area contributed by atoms with E-state index in [0.717, 1.165) is 27.9 Å². The Hall–Kier alpha value is -4.00. The molecule has 5 rings (SSSR count). The molecule has 3 aromatic carbocycles. The van der Waals surface area contributed by atoms with E-state index < -0.39 is 27.1 Å². The molecule has 212 valence electrons. The minimum absolute atomic E-state index is 0.00243. The van der Waals surface area contributed by atoms with Gasteiger partial charge in [0.1, 0.15) is 5.82 Å². The second-order valence-corrected chi connectivity index (χ2v) is 12.3. The smallest absolute Gasteiger partial charge is 0.293 e. The summed E-state index contributed by atoms with van der Waals surface area (Å²) in [6.45, 7) is 1.37. The van der Waals surface area contributed by atoms with Gasteiger partial charge in [-0.25, -0.2) is 12.8 Å². The molecule has 0 aliphatic carbocycles. The van der Waals surface area contributed by atoms with Gasteiger partial charge in [-0.15, -0.1) is 0 Å². The molecule has 0 spiro atoms. The van der Waals surface area contributed by atoms with Gasteiger partial charge in [0.2, 0.25) is 10.0 Å². The molecule has 0 atom stereocenters. The molecular weight excluding hydrogens is 567 g/mol. The van der Waals surface area contributed by atoms with Crippen LogP contribution in [0.1, 0.15) is 15.9 Å². The van der Waals surface area contributed by atoms with Crippen molar-refractivity contribution in [2.75, 3.05) is 44.2 Å². The average Bonchev–Trinajstić information content (AvgIpc) is 3.25. The third kappa shape index (κ3) is 6.50. The summed E-state index contributed by atoms with van der Waals surface area (Å²) < 4.78 is 41.2. The van der Waals surface area contributed by atoms with Crippen LogP contribution in [0.3, 0.4) is 0 Å². The van der Waals surface area contributed by atoms with Crippen molar-refractivity contribution in [1.29, 1.82) is 0 Å². The molecule has 2 saturated heterocycles. The molecule has 2 aliphatic rings. The molecule has 2 heterocycles. The zero-order chi connectivity index (χ0) is 29.0. The molecular formula is C29H27FN4O5S2. The fourth-order valence-electron chi connectivity index (χ4n) is 4.56. The van der Waals surface area contributed by atoms with Crippen LogP contribution >= 0.6 is 11.8 Å². The van der Waals surface area contributed by atoms with Crippen LogP contribution in [-0.2, 0) is 14.8 Å². The maximum atomic E-state index is 13.3. The highest BCUT2D eigenvalue weighted by Crippen LogP contribution is 2.32. The number of anilines is 1. The number of benzene rings is 3. The third-order valence-corrected chi connectivity index (χ3v) is 9.56. The zero-order valence-electron chi connectivity index (χ0n) is 21.9. The number of imide groups is 1. The minimum Gasteiger partial charge on any atom is -0.369 e. The average molecular weight is 595 g/mol. The van der Waals surface area contributed by atoms with Crippen molar-refractivity contribution in [3.8, 4) is 0 Å². The van der Waals surface area contributed by atoms with Gasteiger partial charge in [-0.05, 0) is 65.9 Å². The van der Waals surface area contributed by atoms with Gasteiger partial charge in [-0.1, -0.05) is 36.4 Å². The topological polar surface area (TPSA) is 107 Å². The van der Waals surface area contributed by atoms with Crippen molar-refractivity contribution in [3.05, 3.63) is 101 Å². The molecule has 9 nitrogen and oxygen atoms in total. The van der Waals surface area contributed by atoms with E-state index in [0.29, 0.717) is 18.0 Å². The van der Waals surface area contributed by atoms with Gasteiger partial charge in [-0.3, -0.25) is 19.3 Å². The summed E-state index contributed by atoms with van der Waals surface area (Å²) in [6.07, 6.45) is 1.65. The van der Waals surface area contributed by atoms with Crippen molar-refractivity contribution >= 4 is 50.6 Å². The first-order chi connectivity index (χ1) is 19.7. The van der Waals surface area contributed by atoms with Crippen LogP contribution < -0.4 is 10.2 Å². The Morgan fingerprint density at radius 1 is 0.927 bits per heavy atom. The predicted octanol–water partition coefficient (Wildman–Crippen LogP) is 3.80. The third-order valence-electron chi connectivity index (χ3n) is 6.76. The van der Waals surface area contributed by atoms with E-state index in [9.17, 15) is 27.2 Å². The van der Waals surface area contributed by atoms with Gasteiger partial charge >= 0.3 is 0 Å². The molecule has 3 aromatic rings. The predicted molar refractivity (Wildman–Crippen MR) is 155 cm³/mol. The van der Waals surface area contributed by atoms with Gasteiger partial charge in [0.25, 0.3) is 17.1 Å². The molecule has 0 radical (unpaired) electrons. The monoisotopic (exact) mass is 594 g/mol. The number of nitrogens with one attached hydrogen (secondary N) is 1. The van der Waals surface area contributed by atoms with E-state index in [4.69, 9.17) is 0 Å². The minimum atomic E-state index is -3.85. The number of sulfonamides is 1. The van der Waals surface area contributed by atoms with Gasteiger partial charge in [0, 0.05) is 50.5 Å². The van der Waals surface area contributed by atoms with E-state index >= 15 is 0 Å². The molecule has 12 heteroatoms. The quantitative estimate of drug-likeness (QED) is 0.396. The molecule has 2 aliphatic heterocycles. The van der Waals surface area contributed by atoms with Crippen LogP contribution in [0, 0.1) is 5.82 Å². The first-order valence-electron chi connectivity index (χ1n) is 12.9. The van der Waals surface area contributed by atoms with E-state index in [1.807, 2.05) is 35.2 Å². The fourth-order valence-corrected chi connectivity index (χ4v) is 6.90. The summed E-state index contributed by atoms with van der Waals surface area (Å²) in [7, 11) is -3.85. The SMILES string of the molecule is O=C(NCCN1C(=O)S/C(=C/c2ccccc2)C1=O)c1cccc(S(=O)(=O)N2CCN(c3ccc(F)cc3)CC2)c1. The van der Waals surface area contributed by atoms with Crippen LogP contribution in [0.5, 0.6) is 0 Å². The van der Waals surface area contributed by atoms with E-state index in [1.54, 1.807) is 18.2 Å². The Morgan fingerprint density at radius 2 is 1.63 bits per heavy atom. The summed E-state index contributed by atoms with van der Waals surface area (Å²) in [6, 6.07) is 21.0. The Bertz CT molecular complexity index is 1590. The van der Waals surface area contributed by atoms with Crippen molar-refractivity contribution in [2.45, 2.75) is 4.90 Å². The largest absolute Gasteiger partial charge is 0.369 e. The fraction of sp³-hybridized carbons (Fsp3) is 0.207. The van der Waals surface area contributed by atoms with Crippen molar-refractivity contribution in [2.24, 2.45) is 0 Å². The van der Waals surface area contributed by atoms with E-state index in [-0.39, 0.29) is 42.5 Å². The standard InChI is InChI=1S/C29H27FN4O5S2/c30-23-9-11-24(12-10-23)32-15-17-33(18-16-32)41(38,39)25-8-4-7-22(20-25)27(35)31-13-14-34-28(36)26(40-29(34)37)19-21-5-2-1-3-6-21/h1-12,19-20H,13-18H2,(H,31,35)/b26-19+. The lowest BCUT2D eigenvalue weighted by Gasteiger charge is -2.35. The summed E-state index contributed by atoms with van der Waals surface area (Å²) in [5.74, 6) is -1.28. The summed E-state index contributed by atoms with van der Waals surface area (Å²) in [4.78, 5) is 41.3. The number of carbonyl (C=O) groups is 3. The number of thioether (sulfide) groups is 1. The maximum Gasteiger partial charge on any atom is 0.293 e. The van der Waals surface area contributed by atoms with Crippen LogP contribution in [0.2, 0.25) is 0 Å². The Balaban J connectivity index is 1.17. The molecule has 1 N–H and O–H groups in total. The van der Waals surface area contributed by atoms with Crippen molar-refractivity contribution in [1.82, 2.24) is 14.5 Å². The van der Waals surface area contributed by atoms with Crippen LogP contribution in [0.25, 0.3) is 6.08 Å². The van der Waals surface area contributed by atoms with Gasteiger partial charge in [0.15, 0.2) is 0 Å². The van der Waals surface area contributed by atoms with Crippen LogP contribution in [0.15, 0.2) is 88.7 Å². The van der Waals surface area contributed by atoms with E-state index in [1.165, 1.54) is 40.7 Å². The summed E-state index contributed by atoms with van der Waals surface area (Å²) in [5.41, 5.74) is 1.77. The summed E-state index contributed by atoms with van der Waals surface area (Å²) in [5, 5.41) is 2.24. The highest BCUT2D eigenvalue weighted by atomic mass is 32.2. The lowest BCUT2D eigenvalue weighted by molar-refractivity contribution is -0.122. The van der Waals surface area contributed by atoms with Gasteiger partial charge in [0.05, 0.1) is 9.80 Å². The maximum absolute atomic E-state index is 13.3. The van der Waals surface area contributed by atoms with E-state index in [2.05, 4.69) is 5.32 Å². The van der Waals surface area contributed by atoms with Gasteiger partial charge in [-0.2, -0.15) is 4.31 Å². The number of carbonyl (C=O) groups excluding carboxylic acids is 3. The molecule has 0 saturated carbocycles. The lowest BCUT2D eigenvalue weighted by atomic mass is 10.2. The van der Waals surface area contributed by atoms with Crippen LogP contribution in [-0.4, -0.2) is 73.9 Å². The molecule has 0 bridgehead atoms. The number of nitrogens with zero attached hydrogens (tertiary/aromatic N) is 3. The molecule has 41 heavy (non-hydrogen) atoms. The normalized spacial score (nSPS) is 17.3. The second-order valence-electron chi connectivity index (χ2n) is 9.40. The number of piperazine rings is 1. The first-order valence-corrected chi connectivity index (χ1v) is 15.2. The number of halogens is 1. The zero-order valence-corrected chi connectivity index (χ0v) is 23.5. The first kappa shape index (κ1) is 28.5. The number of hydrogen-bond donors (Lipinski definition) is 1. The highest BCUT2D eigenvalue weighted by Gasteiger charge is 2.35. The Kier molecular flexibility index (Phi) is 8.52. The summed E-state index contributed by atoms with van der Waals surface area (Å²) >= 11 is 0.846.